The fourth-order valence-electron chi connectivity index (χ4n) is 6.85. The van der Waals surface area contributed by atoms with E-state index in [1.54, 1.807) is 0 Å². The molecule has 0 radical (unpaired) electrons. The third kappa shape index (κ3) is 6.36. The molecule has 6 rings (SSSR count). The number of anilines is 2. The number of methoxy groups -OCH3 is 1. The number of rotatable bonds is 7. The van der Waals surface area contributed by atoms with E-state index >= 15 is 0 Å². The van der Waals surface area contributed by atoms with E-state index in [4.69, 9.17) is 9.47 Å². The van der Waals surface area contributed by atoms with Gasteiger partial charge >= 0.3 is 6.03 Å². The minimum absolute atomic E-state index is 0.182. The first kappa shape index (κ1) is 32.3. The van der Waals surface area contributed by atoms with Gasteiger partial charge in [-0.25, -0.2) is 4.79 Å². The molecular weight excluding hydrogens is 594 g/mol. The Morgan fingerprint density at radius 3 is 2.38 bits per heavy atom. The van der Waals surface area contributed by atoms with Crippen molar-refractivity contribution in [1.82, 2.24) is 24.8 Å². The fraction of sp³-hybridized carbons (Fsp3) is 0.444. The summed E-state index contributed by atoms with van der Waals surface area (Å²) in [5, 5.41) is 18.0. The highest BCUT2D eigenvalue weighted by atomic mass is 16.5. The largest absolute Gasteiger partial charge is 0.492 e. The number of benzene rings is 2. The minimum atomic E-state index is -0.363. The van der Waals surface area contributed by atoms with Gasteiger partial charge in [-0.1, -0.05) is 45.0 Å². The van der Waals surface area contributed by atoms with Gasteiger partial charge in [0.05, 0.1) is 36.3 Å². The molecule has 248 valence electrons. The number of amides is 3. The molecule has 1 saturated heterocycles. The number of likely N-dealkylation sites (tertiary alicyclic amines) is 1. The van der Waals surface area contributed by atoms with E-state index in [1.807, 2.05) is 48.7 Å². The van der Waals surface area contributed by atoms with Crippen molar-refractivity contribution in [2.75, 3.05) is 31.3 Å². The van der Waals surface area contributed by atoms with Crippen LogP contribution in [-0.4, -0.2) is 52.1 Å². The summed E-state index contributed by atoms with van der Waals surface area (Å²) in [7, 11) is 3.66. The van der Waals surface area contributed by atoms with E-state index in [-0.39, 0.29) is 35.0 Å². The Kier molecular flexibility index (Phi) is 8.61. The van der Waals surface area contributed by atoms with Gasteiger partial charge < -0.3 is 25.4 Å². The van der Waals surface area contributed by atoms with Gasteiger partial charge in [0.15, 0.2) is 17.2 Å². The van der Waals surface area contributed by atoms with Crippen molar-refractivity contribution in [3.05, 3.63) is 77.2 Å². The number of ether oxygens (including phenoxy) is 2. The molecule has 0 saturated carbocycles. The van der Waals surface area contributed by atoms with Crippen molar-refractivity contribution in [1.29, 1.82) is 0 Å². The molecule has 4 aromatic rings. The van der Waals surface area contributed by atoms with Crippen molar-refractivity contribution in [3.63, 3.8) is 0 Å². The lowest BCUT2D eigenvalue weighted by molar-refractivity contribution is -0.114. The monoisotopic (exact) mass is 639 g/mol. The summed E-state index contributed by atoms with van der Waals surface area (Å²) >= 11 is 0. The van der Waals surface area contributed by atoms with Crippen LogP contribution in [0.15, 0.2) is 54.7 Å². The topological polar surface area (TPSA) is 122 Å². The van der Waals surface area contributed by atoms with Gasteiger partial charge in [-0.05, 0) is 92.6 Å². The van der Waals surface area contributed by atoms with E-state index in [9.17, 15) is 9.59 Å². The third-order valence-electron chi connectivity index (χ3n) is 9.59. The number of nitrogens with one attached hydrogen (secondary N) is 3. The molecule has 0 unspecified atom stereocenters. The Labute approximate surface area is 276 Å². The molecule has 3 amide bonds. The number of nitrogens with zero attached hydrogens (tertiary/aromatic N) is 4. The molecule has 47 heavy (non-hydrogen) atoms. The molecule has 2 aromatic carbocycles. The van der Waals surface area contributed by atoms with Gasteiger partial charge in [0.2, 0.25) is 5.91 Å². The summed E-state index contributed by atoms with van der Waals surface area (Å²) in [5.41, 5.74) is 4.37. The second-order valence-corrected chi connectivity index (χ2v) is 13.9. The second-order valence-electron chi connectivity index (χ2n) is 13.9. The van der Waals surface area contributed by atoms with E-state index in [2.05, 4.69) is 76.3 Å². The Bertz CT molecular complexity index is 1810. The molecular formula is C36H45N7O4. The van der Waals surface area contributed by atoms with Crippen LogP contribution in [0.3, 0.4) is 0 Å². The zero-order valence-corrected chi connectivity index (χ0v) is 28.3. The molecule has 3 atom stereocenters. The number of pyridine rings is 1. The zero-order chi connectivity index (χ0) is 33.5. The highest BCUT2D eigenvalue weighted by Crippen LogP contribution is 2.41. The average molecular weight is 640 g/mol. The van der Waals surface area contributed by atoms with Crippen molar-refractivity contribution < 1.29 is 19.1 Å². The van der Waals surface area contributed by atoms with Crippen molar-refractivity contribution in [2.24, 2.45) is 0 Å². The lowest BCUT2D eigenvalue weighted by Crippen LogP contribution is -2.37. The number of hydrogen-bond acceptors (Lipinski definition) is 7. The first-order valence-electron chi connectivity index (χ1n) is 16.3. The average Bonchev–Trinajstić information content (AvgIpc) is 3.60. The summed E-state index contributed by atoms with van der Waals surface area (Å²) in [5.74, 6) is 1.83. The first-order chi connectivity index (χ1) is 22.4. The molecule has 2 aromatic heterocycles. The van der Waals surface area contributed by atoms with Crippen molar-refractivity contribution in [3.8, 4) is 11.5 Å². The van der Waals surface area contributed by atoms with Crippen LogP contribution in [-0.2, 0) is 15.7 Å². The quantitative estimate of drug-likeness (QED) is 0.205. The summed E-state index contributed by atoms with van der Waals surface area (Å²) in [6, 6.07) is 15.2. The molecule has 1 aliphatic carbocycles. The van der Waals surface area contributed by atoms with Crippen LogP contribution in [0.1, 0.15) is 95.0 Å². The molecule has 1 fully saturated rings. The van der Waals surface area contributed by atoms with E-state index < -0.39 is 0 Å². The molecule has 0 bridgehead atoms. The number of urea groups is 1. The molecule has 3 N–H and O–H groups in total. The van der Waals surface area contributed by atoms with Crippen LogP contribution in [0.2, 0.25) is 0 Å². The van der Waals surface area contributed by atoms with Gasteiger partial charge in [0, 0.05) is 6.92 Å². The maximum absolute atomic E-state index is 13.5. The summed E-state index contributed by atoms with van der Waals surface area (Å²) in [6.07, 6.45) is 5.37. The zero-order valence-electron chi connectivity index (χ0n) is 28.3. The van der Waals surface area contributed by atoms with Crippen LogP contribution in [0.25, 0.3) is 5.65 Å². The Balaban J connectivity index is 1.22. The molecule has 11 heteroatoms. The van der Waals surface area contributed by atoms with Crippen LogP contribution >= 0.6 is 0 Å². The first-order valence-corrected chi connectivity index (χ1v) is 16.3. The Morgan fingerprint density at radius 2 is 1.72 bits per heavy atom. The Hall–Kier alpha value is -4.64. The Morgan fingerprint density at radius 1 is 1.00 bits per heavy atom. The molecule has 0 spiro atoms. The SMILES string of the molecule is COc1c(NC(C)=O)cc(C(C)(C)C)cc1NC(=O)N[C@H]1CC[C@@H](Oc2ccc3nnc([C@]4(C)CCCN4C)n3c2)c2ccccc21. The smallest absolute Gasteiger partial charge is 0.319 e. The lowest BCUT2D eigenvalue weighted by atomic mass is 9.85. The molecule has 3 heterocycles. The third-order valence-corrected chi connectivity index (χ3v) is 9.59. The van der Waals surface area contributed by atoms with Gasteiger partial charge in [-0.2, -0.15) is 0 Å². The molecule has 11 nitrogen and oxygen atoms in total. The predicted octanol–water partition coefficient (Wildman–Crippen LogP) is 6.71. The maximum Gasteiger partial charge on any atom is 0.319 e. The van der Waals surface area contributed by atoms with E-state index in [0.717, 1.165) is 53.3 Å². The minimum Gasteiger partial charge on any atom is -0.492 e. The number of carbonyl (C=O) groups excluding carboxylic acids is 2. The second kappa shape index (κ2) is 12.5. The highest BCUT2D eigenvalue weighted by Gasteiger charge is 2.40. The number of carbonyl (C=O) groups is 2. The standard InChI is InChI=1S/C36H45N7O4/c1-22(44)37-28-19-23(35(2,3)4)20-29(32(28)46-7)39-34(45)38-27-14-15-30(26-12-9-8-11-25(26)27)47-24-13-16-31-40-41-33(43(31)21-24)36(5)17-10-18-42(36)6/h8-9,11-13,16,19-21,27,30H,10,14-15,17-18H2,1-7H3,(H,37,44)(H2,38,39,45)/t27-,30+,36-/m0/s1. The lowest BCUT2D eigenvalue weighted by Gasteiger charge is -2.32. The number of aromatic nitrogens is 3. The normalized spacial score (nSPS) is 21.3. The fourth-order valence-corrected chi connectivity index (χ4v) is 6.85. The van der Waals surface area contributed by atoms with Crippen LogP contribution in [0, 0.1) is 0 Å². The molecule has 2 aliphatic rings. The predicted molar refractivity (Wildman–Crippen MR) is 182 cm³/mol. The summed E-state index contributed by atoms with van der Waals surface area (Å²) < 4.78 is 14.3. The van der Waals surface area contributed by atoms with Gasteiger partial charge in [0.1, 0.15) is 11.9 Å². The number of fused-ring (bicyclic) bond motifs is 2. The highest BCUT2D eigenvalue weighted by molar-refractivity contribution is 5.97. The van der Waals surface area contributed by atoms with Crippen LogP contribution in [0.5, 0.6) is 11.5 Å². The summed E-state index contributed by atoms with van der Waals surface area (Å²) in [4.78, 5) is 27.8. The van der Waals surface area contributed by atoms with Crippen molar-refractivity contribution in [2.45, 2.75) is 83.4 Å². The van der Waals surface area contributed by atoms with Crippen molar-refractivity contribution >= 4 is 29.0 Å². The molecule has 1 aliphatic heterocycles. The van der Waals surface area contributed by atoms with Crippen LogP contribution in [0.4, 0.5) is 16.2 Å². The van der Waals surface area contributed by atoms with Gasteiger partial charge in [-0.3, -0.25) is 14.1 Å². The maximum atomic E-state index is 13.5. The van der Waals surface area contributed by atoms with E-state index in [1.165, 1.54) is 14.0 Å². The van der Waals surface area contributed by atoms with E-state index in [0.29, 0.717) is 30.0 Å². The van der Waals surface area contributed by atoms with Gasteiger partial charge in [-0.15, -0.1) is 10.2 Å². The van der Waals surface area contributed by atoms with Gasteiger partial charge in [0.25, 0.3) is 0 Å². The van der Waals surface area contributed by atoms with Crippen LogP contribution < -0.4 is 25.4 Å². The summed E-state index contributed by atoms with van der Waals surface area (Å²) in [6.45, 7) is 10.9. The number of hydrogen-bond donors (Lipinski definition) is 3.